The number of nitrogens with one attached hydrogen (secondary N) is 1. The molecule has 0 heterocycles. The summed E-state index contributed by atoms with van der Waals surface area (Å²) in [6, 6.07) is 0. The van der Waals surface area contributed by atoms with Crippen LogP contribution in [0.5, 0.6) is 0 Å². The van der Waals surface area contributed by atoms with Gasteiger partial charge in [-0.15, -0.1) is 4.89 Å². The van der Waals surface area contributed by atoms with E-state index in [0.717, 1.165) is 12.2 Å². The van der Waals surface area contributed by atoms with Gasteiger partial charge in [0.05, 0.1) is 0 Å². The first-order valence-electron chi connectivity index (χ1n) is 1.92. The third-order valence-electron chi connectivity index (χ3n) is 0.371. The highest BCUT2D eigenvalue weighted by Gasteiger charge is 1.74. The van der Waals surface area contributed by atoms with Gasteiger partial charge < -0.3 is 5.21 Å². The molecular formula is C3H9NOS. The van der Waals surface area contributed by atoms with Crippen LogP contribution in [0.15, 0.2) is 0 Å². The molecule has 0 spiro atoms. The number of rotatable bonds is 3. The molecule has 0 saturated carbocycles. The molecule has 0 rings (SSSR count). The van der Waals surface area contributed by atoms with Crippen LogP contribution < -0.4 is 4.89 Å². The van der Waals surface area contributed by atoms with E-state index < -0.39 is 0 Å². The molecule has 0 aromatic carbocycles. The van der Waals surface area contributed by atoms with Crippen molar-refractivity contribution in [2.24, 2.45) is 0 Å². The van der Waals surface area contributed by atoms with Crippen LogP contribution >= 0.6 is 11.9 Å². The van der Waals surface area contributed by atoms with Crippen molar-refractivity contribution in [2.45, 2.75) is 13.3 Å². The monoisotopic (exact) mass is 107 g/mol. The zero-order chi connectivity index (χ0) is 4.83. The van der Waals surface area contributed by atoms with Crippen molar-refractivity contribution in [1.29, 1.82) is 0 Å². The fourth-order valence-corrected chi connectivity index (χ4v) is 0.443. The smallest absolute Gasteiger partial charge is 0.00972 e. The second kappa shape index (κ2) is 5.27. The third-order valence-corrected chi connectivity index (χ3v) is 1.11. The lowest BCUT2D eigenvalue weighted by Crippen LogP contribution is -1.92. The molecular weight excluding hydrogens is 98.1 g/mol. The Labute approximate surface area is 42.0 Å². The highest BCUT2D eigenvalue weighted by Crippen LogP contribution is 1.90. The topological polar surface area (TPSA) is 32.3 Å². The van der Waals surface area contributed by atoms with Gasteiger partial charge in [-0.2, -0.15) is 0 Å². The summed E-state index contributed by atoms with van der Waals surface area (Å²) in [5, 5.41) is 7.91. The van der Waals surface area contributed by atoms with E-state index in [0.29, 0.717) is 0 Å². The van der Waals surface area contributed by atoms with Crippen molar-refractivity contribution in [3.8, 4) is 0 Å². The van der Waals surface area contributed by atoms with Crippen LogP contribution in [0.25, 0.3) is 0 Å². The molecule has 0 aliphatic carbocycles. The lowest BCUT2D eigenvalue weighted by atomic mass is 10.6. The van der Waals surface area contributed by atoms with Crippen LogP contribution in [0, 0.1) is 0 Å². The second-order valence-corrected chi connectivity index (χ2v) is 1.82. The first-order valence-corrected chi connectivity index (χ1v) is 2.91. The fraction of sp³-hybridized carbons (Fsp3) is 1.00. The third kappa shape index (κ3) is 4.27. The van der Waals surface area contributed by atoms with E-state index in [1.165, 1.54) is 11.9 Å². The van der Waals surface area contributed by atoms with E-state index in [4.69, 9.17) is 5.21 Å². The maximum Gasteiger partial charge on any atom is 0.00972 e. The minimum absolute atomic E-state index is 0.969. The molecule has 0 saturated heterocycles. The minimum atomic E-state index is 0.969. The minimum Gasteiger partial charge on any atom is -0.306 e. The Hall–Kier alpha value is 0.270. The molecule has 0 bridgehead atoms. The lowest BCUT2D eigenvalue weighted by Gasteiger charge is -1.88. The van der Waals surface area contributed by atoms with E-state index in [9.17, 15) is 0 Å². The van der Waals surface area contributed by atoms with E-state index in [-0.39, 0.29) is 0 Å². The van der Waals surface area contributed by atoms with Crippen molar-refractivity contribution in [3.05, 3.63) is 0 Å². The number of hydrogen-bond acceptors (Lipinski definition) is 3. The van der Waals surface area contributed by atoms with Gasteiger partial charge in [-0.25, -0.2) is 0 Å². The van der Waals surface area contributed by atoms with E-state index in [1.54, 1.807) is 0 Å². The highest BCUT2D eigenvalue weighted by atomic mass is 32.2. The van der Waals surface area contributed by atoms with Gasteiger partial charge in [0.1, 0.15) is 0 Å². The zero-order valence-corrected chi connectivity index (χ0v) is 4.59. The molecule has 0 fully saturated rings. The number of hydrogen-bond donors (Lipinski definition) is 2. The Bertz CT molecular complexity index is 22.8. The Kier molecular flexibility index (Phi) is 5.51. The normalized spacial score (nSPS) is 9.00. The first kappa shape index (κ1) is 6.27. The Morgan fingerprint density at radius 3 is 2.67 bits per heavy atom. The molecule has 38 valence electrons. The van der Waals surface area contributed by atoms with Crippen LogP contribution in [0.3, 0.4) is 0 Å². The molecule has 2 nitrogen and oxygen atoms in total. The van der Waals surface area contributed by atoms with E-state index >= 15 is 0 Å². The van der Waals surface area contributed by atoms with Gasteiger partial charge in [0.15, 0.2) is 0 Å². The molecule has 0 radical (unpaired) electrons. The second-order valence-electron chi connectivity index (χ2n) is 0.940. The average Bonchev–Trinajstić information content (AvgIpc) is 1.61. The molecule has 0 unspecified atom stereocenters. The molecule has 0 aliphatic heterocycles. The van der Waals surface area contributed by atoms with Crippen LogP contribution in [0.2, 0.25) is 0 Å². The molecule has 0 atom stereocenters. The highest BCUT2D eigenvalue weighted by molar-refractivity contribution is 7.97. The molecule has 0 aliphatic rings. The Balaban J connectivity index is 2.34. The largest absolute Gasteiger partial charge is 0.306 e. The van der Waals surface area contributed by atoms with Gasteiger partial charge in [-0.1, -0.05) is 18.9 Å². The molecule has 2 N–H and O–H groups in total. The van der Waals surface area contributed by atoms with Crippen LogP contribution in [0.1, 0.15) is 13.3 Å². The van der Waals surface area contributed by atoms with E-state index in [1.807, 2.05) is 4.89 Å². The van der Waals surface area contributed by atoms with Gasteiger partial charge in [0, 0.05) is 5.75 Å². The maximum atomic E-state index is 7.91. The van der Waals surface area contributed by atoms with Crippen molar-refractivity contribution < 1.29 is 5.21 Å². The van der Waals surface area contributed by atoms with Crippen molar-refractivity contribution in [1.82, 2.24) is 4.89 Å². The quantitative estimate of drug-likeness (QED) is 0.321. The van der Waals surface area contributed by atoms with Crippen LogP contribution in [-0.2, 0) is 0 Å². The summed E-state index contributed by atoms with van der Waals surface area (Å²) < 4.78 is 0. The summed E-state index contributed by atoms with van der Waals surface area (Å²) in [6.07, 6.45) is 1.10. The summed E-state index contributed by atoms with van der Waals surface area (Å²) in [5.41, 5.74) is 0. The molecule has 0 aromatic heterocycles. The predicted molar refractivity (Wildman–Crippen MR) is 27.7 cm³/mol. The molecule has 0 aromatic rings. The van der Waals surface area contributed by atoms with Gasteiger partial charge in [0.2, 0.25) is 0 Å². The van der Waals surface area contributed by atoms with Crippen LogP contribution in [0.4, 0.5) is 0 Å². The fourth-order valence-electron chi connectivity index (χ4n) is 0.148. The summed E-state index contributed by atoms with van der Waals surface area (Å²) in [5.74, 6) is 0.969. The Morgan fingerprint density at radius 1 is 1.83 bits per heavy atom. The molecule has 0 amide bonds. The van der Waals surface area contributed by atoms with Gasteiger partial charge in [-0.05, 0) is 6.42 Å². The summed E-state index contributed by atoms with van der Waals surface area (Å²) in [4.78, 5) is 1.99. The summed E-state index contributed by atoms with van der Waals surface area (Å²) in [6.45, 7) is 2.06. The van der Waals surface area contributed by atoms with Gasteiger partial charge in [-0.3, -0.25) is 0 Å². The van der Waals surface area contributed by atoms with Gasteiger partial charge >= 0.3 is 0 Å². The molecule has 6 heavy (non-hydrogen) atoms. The SMILES string of the molecule is CCCSNO. The van der Waals surface area contributed by atoms with E-state index in [2.05, 4.69) is 6.92 Å². The first-order chi connectivity index (χ1) is 2.91. The maximum absolute atomic E-state index is 7.91. The standard InChI is InChI=1S/C3H9NOS/c1-2-3-6-4-5/h4-5H,2-3H2,1H3. The summed E-state index contributed by atoms with van der Waals surface area (Å²) in [7, 11) is 0. The molecule has 3 heteroatoms. The van der Waals surface area contributed by atoms with Crippen molar-refractivity contribution in [2.75, 3.05) is 5.75 Å². The zero-order valence-electron chi connectivity index (χ0n) is 3.77. The predicted octanol–water partition coefficient (Wildman–Crippen LogP) is 1.02. The van der Waals surface area contributed by atoms with Crippen LogP contribution in [-0.4, -0.2) is 11.0 Å². The lowest BCUT2D eigenvalue weighted by molar-refractivity contribution is 0.258. The summed E-state index contributed by atoms with van der Waals surface area (Å²) >= 11 is 1.31. The van der Waals surface area contributed by atoms with Crippen molar-refractivity contribution >= 4 is 11.9 Å². The Morgan fingerprint density at radius 2 is 2.50 bits per heavy atom. The average molecular weight is 107 g/mol. The van der Waals surface area contributed by atoms with Crippen molar-refractivity contribution in [3.63, 3.8) is 0 Å². The van der Waals surface area contributed by atoms with Gasteiger partial charge in [0.25, 0.3) is 0 Å².